The van der Waals surface area contributed by atoms with Gasteiger partial charge >= 0.3 is 5.97 Å². The molecule has 0 unspecified atom stereocenters. The van der Waals surface area contributed by atoms with Gasteiger partial charge < -0.3 is 9.57 Å². The molecule has 0 spiro atoms. The first-order valence-electron chi connectivity index (χ1n) is 6.35. The number of aromatic nitrogens is 2. The normalized spacial score (nSPS) is 10.7. The molecular weight excluding hydrogens is 388 g/mol. The molecule has 124 valence electrons. The van der Waals surface area contributed by atoms with Crippen molar-refractivity contribution >= 4 is 58.1 Å². The molecule has 6 nitrogen and oxygen atoms in total. The molecule has 0 bridgehead atoms. The lowest BCUT2D eigenvalue weighted by molar-refractivity contribution is 0.0528. The van der Waals surface area contributed by atoms with Crippen LogP contribution in [0.3, 0.4) is 0 Å². The highest BCUT2D eigenvalue weighted by Crippen LogP contribution is 2.26. The summed E-state index contributed by atoms with van der Waals surface area (Å²) in [7, 11) is 0. The molecule has 1 aromatic carbocycles. The van der Waals surface area contributed by atoms with Crippen LogP contribution in [0.1, 0.15) is 17.5 Å². The van der Waals surface area contributed by atoms with Gasteiger partial charge in [0.05, 0.1) is 15.7 Å². The molecule has 0 fully saturated rings. The van der Waals surface area contributed by atoms with Gasteiger partial charge in [-0.3, -0.25) is 4.57 Å². The lowest BCUT2D eigenvalue weighted by Crippen LogP contribution is -2.17. The van der Waals surface area contributed by atoms with Crippen LogP contribution in [0.2, 0.25) is 20.4 Å². The molecule has 10 heteroatoms. The van der Waals surface area contributed by atoms with Crippen molar-refractivity contribution in [2.75, 3.05) is 12.1 Å². The third kappa shape index (κ3) is 4.43. The van der Waals surface area contributed by atoms with E-state index in [9.17, 15) is 4.79 Å². The van der Waals surface area contributed by atoms with E-state index >= 15 is 0 Å². The van der Waals surface area contributed by atoms with Crippen LogP contribution in [0.4, 0.5) is 5.69 Å². The van der Waals surface area contributed by atoms with Crippen molar-refractivity contribution in [3.05, 3.63) is 44.4 Å². The van der Waals surface area contributed by atoms with Gasteiger partial charge in [0.15, 0.2) is 5.15 Å². The van der Waals surface area contributed by atoms with Gasteiger partial charge in [-0.2, -0.15) is 0 Å². The second-order valence-electron chi connectivity index (χ2n) is 4.19. The van der Waals surface area contributed by atoms with E-state index in [0.717, 1.165) is 0 Å². The highest BCUT2D eigenvalue weighted by molar-refractivity contribution is 6.42. The lowest BCUT2D eigenvalue weighted by atomic mass is 10.3. The van der Waals surface area contributed by atoms with Gasteiger partial charge in [0.25, 0.3) is 0 Å². The summed E-state index contributed by atoms with van der Waals surface area (Å²) in [5.74, 6) is -0.884. The smallest absolute Gasteiger partial charge is 0.361 e. The molecule has 0 saturated carbocycles. The summed E-state index contributed by atoms with van der Waals surface area (Å²) in [6.45, 7) is 2.25. The quantitative estimate of drug-likeness (QED) is 0.716. The number of nitrogens with one attached hydrogen (secondary N) is 1. The van der Waals surface area contributed by atoms with Crippen LogP contribution in [0, 0.1) is 0 Å². The SMILES string of the molecule is CCOCn1c(C(=O)ONc2ccc(Cl)c(Cl)c2)nc(Cl)c1Cl. The van der Waals surface area contributed by atoms with Crippen LogP contribution in [0.25, 0.3) is 0 Å². The second-order valence-corrected chi connectivity index (χ2v) is 5.72. The monoisotopic (exact) mass is 397 g/mol. The zero-order chi connectivity index (χ0) is 17.0. The number of halogens is 4. The molecule has 0 atom stereocenters. The number of carbonyl (C=O) groups excluding carboxylic acids is 1. The van der Waals surface area contributed by atoms with Crippen molar-refractivity contribution in [3.8, 4) is 0 Å². The Labute approximate surface area is 152 Å². The maximum atomic E-state index is 12.1. The van der Waals surface area contributed by atoms with E-state index in [1.54, 1.807) is 19.1 Å². The van der Waals surface area contributed by atoms with Crippen molar-refractivity contribution in [1.29, 1.82) is 0 Å². The molecule has 0 radical (unpaired) electrons. The van der Waals surface area contributed by atoms with E-state index in [-0.39, 0.29) is 22.9 Å². The van der Waals surface area contributed by atoms with Crippen LogP contribution in [0.15, 0.2) is 18.2 Å². The summed E-state index contributed by atoms with van der Waals surface area (Å²) < 4.78 is 6.51. The largest absolute Gasteiger partial charge is 0.398 e. The molecule has 1 heterocycles. The summed E-state index contributed by atoms with van der Waals surface area (Å²) >= 11 is 23.5. The van der Waals surface area contributed by atoms with E-state index in [0.29, 0.717) is 22.3 Å². The number of carbonyl (C=O) groups is 1. The van der Waals surface area contributed by atoms with Crippen molar-refractivity contribution in [1.82, 2.24) is 9.55 Å². The molecule has 2 aromatic rings. The fourth-order valence-corrected chi connectivity index (χ4v) is 2.22. The number of anilines is 1. The van der Waals surface area contributed by atoms with Crippen molar-refractivity contribution in [2.24, 2.45) is 0 Å². The van der Waals surface area contributed by atoms with Crippen molar-refractivity contribution in [2.45, 2.75) is 13.7 Å². The number of imidazole rings is 1. The predicted octanol–water partition coefficient (Wildman–Crippen LogP) is 4.67. The molecule has 23 heavy (non-hydrogen) atoms. The molecule has 1 N–H and O–H groups in total. The third-order valence-electron chi connectivity index (χ3n) is 2.66. The fraction of sp³-hybridized carbons (Fsp3) is 0.231. The molecule has 0 amide bonds. The standard InChI is InChI=1S/C13H11Cl4N3O3/c1-2-22-6-20-11(17)10(16)18-12(20)13(21)23-19-7-3-4-8(14)9(15)5-7/h3-5,19H,2,6H2,1H3. The minimum atomic E-state index is -0.787. The first kappa shape index (κ1) is 18.2. The zero-order valence-electron chi connectivity index (χ0n) is 11.8. The number of benzene rings is 1. The van der Waals surface area contributed by atoms with E-state index in [4.69, 9.17) is 56.0 Å². The minimum Gasteiger partial charge on any atom is -0.361 e. The Bertz CT molecular complexity index is 721. The van der Waals surface area contributed by atoms with Gasteiger partial charge in [-0.05, 0) is 25.1 Å². The topological polar surface area (TPSA) is 65.4 Å². The molecule has 2 rings (SSSR count). The van der Waals surface area contributed by atoms with Gasteiger partial charge in [-0.1, -0.05) is 46.4 Å². The summed E-state index contributed by atoms with van der Waals surface area (Å²) in [6, 6.07) is 4.65. The average Bonchev–Trinajstić information content (AvgIpc) is 2.81. The van der Waals surface area contributed by atoms with E-state index < -0.39 is 5.97 Å². The zero-order valence-corrected chi connectivity index (χ0v) is 14.8. The summed E-state index contributed by atoms with van der Waals surface area (Å²) in [4.78, 5) is 20.9. The number of hydrogen-bond donors (Lipinski definition) is 1. The van der Waals surface area contributed by atoms with Gasteiger partial charge in [0.1, 0.15) is 11.9 Å². The van der Waals surface area contributed by atoms with E-state index in [1.165, 1.54) is 10.6 Å². The number of ether oxygens (including phenoxy) is 1. The fourth-order valence-electron chi connectivity index (χ4n) is 1.57. The second kappa shape index (κ2) is 8.08. The van der Waals surface area contributed by atoms with Crippen LogP contribution >= 0.6 is 46.4 Å². The average molecular weight is 399 g/mol. The number of hydrogen-bond acceptors (Lipinski definition) is 5. The predicted molar refractivity (Wildman–Crippen MR) is 89.4 cm³/mol. The Morgan fingerprint density at radius 3 is 2.65 bits per heavy atom. The van der Waals surface area contributed by atoms with Gasteiger partial charge in [0.2, 0.25) is 5.82 Å². The van der Waals surface area contributed by atoms with Crippen molar-refractivity contribution in [3.63, 3.8) is 0 Å². The molecule has 1 aromatic heterocycles. The van der Waals surface area contributed by atoms with Crippen LogP contribution in [0.5, 0.6) is 0 Å². The summed E-state index contributed by atoms with van der Waals surface area (Å²) in [6.07, 6.45) is 0. The Kier molecular flexibility index (Phi) is 6.38. The highest BCUT2D eigenvalue weighted by Gasteiger charge is 2.22. The van der Waals surface area contributed by atoms with Gasteiger partial charge in [-0.15, -0.1) is 0 Å². The minimum absolute atomic E-state index is 0.0201. The first-order valence-corrected chi connectivity index (χ1v) is 7.86. The highest BCUT2D eigenvalue weighted by atomic mass is 35.5. The molecular formula is C13H11Cl4N3O3. The Hall–Kier alpha value is -1.18. The number of rotatable bonds is 6. The van der Waals surface area contributed by atoms with Gasteiger partial charge in [-0.25, -0.2) is 15.3 Å². The first-order chi connectivity index (χ1) is 10.9. The van der Waals surface area contributed by atoms with Crippen LogP contribution in [-0.2, 0) is 16.3 Å². The molecule has 0 aliphatic heterocycles. The van der Waals surface area contributed by atoms with E-state index in [2.05, 4.69) is 10.5 Å². The maximum absolute atomic E-state index is 12.1. The number of nitrogens with zero attached hydrogens (tertiary/aromatic N) is 2. The molecule has 0 aliphatic rings. The Morgan fingerprint density at radius 1 is 1.26 bits per heavy atom. The van der Waals surface area contributed by atoms with Crippen LogP contribution < -0.4 is 5.48 Å². The summed E-state index contributed by atoms with van der Waals surface area (Å²) in [5, 5.41) is 0.764. The third-order valence-corrected chi connectivity index (χ3v) is 4.14. The van der Waals surface area contributed by atoms with Crippen LogP contribution in [-0.4, -0.2) is 22.1 Å². The van der Waals surface area contributed by atoms with Gasteiger partial charge in [0, 0.05) is 6.61 Å². The van der Waals surface area contributed by atoms with E-state index in [1.807, 2.05) is 0 Å². The Morgan fingerprint density at radius 2 is 2.00 bits per heavy atom. The lowest BCUT2D eigenvalue weighted by Gasteiger charge is -2.10. The maximum Gasteiger partial charge on any atom is 0.398 e. The molecule has 0 aliphatic carbocycles. The van der Waals surface area contributed by atoms with Crippen molar-refractivity contribution < 1.29 is 14.4 Å². The Balaban J connectivity index is 2.11. The summed E-state index contributed by atoms with van der Waals surface area (Å²) in [5.41, 5.74) is 2.89. The molecule has 0 saturated heterocycles.